The molecule has 20 heavy (non-hydrogen) atoms. The Labute approximate surface area is 117 Å². The van der Waals surface area contributed by atoms with Crippen LogP contribution in [0.4, 0.5) is 0 Å². The quantitative estimate of drug-likeness (QED) is 0.898. The molecule has 0 spiro atoms. The van der Waals surface area contributed by atoms with E-state index in [4.69, 9.17) is 5.11 Å². The van der Waals surface area contributed by atoms with Crippen LogP contribution in [0.5, 0.6) is 0 Å². The highest BCUT2D eigenvalue weighted by molar-refractivity contribution is 5.68. The van der Waals surface area contributed by atoms with E-state index in [1.807, 2.05) is 0 Å². The van der Waals surface area contributed by atoms with Crippen LogP contribution in [0, 0.1) is 13.8 Å². The van der Waals surface area contributed by atoms with Crippen LogP contribution >= 0.6 is 0 Å². The zero-order valence-electron chi connectivity index (χ0n) is 11.6. The van der Waals surface area contributed by atoms with Gasteiger partial charge in [-0.1, -0.05) is 29.8 Å². The van der Waals surface area contributed by atoms with E-state index in [-0.39, 0.29) is 6.42 Å². The molecule has 5 nitrogen and oxygen atoms in total. The molecule has 0 saturated carbocycles. The minimum atomic E-state index is -0.930. The number of aryl methyl sites for hydroxylation is 4. The molecule has 0 fully saturated rings. The molecule has 1 aromatic heterocycles. The molecule has 0 unspecified atom stereocenters. The highest BCUT2D eigenvalue weighted by Gasteiger charge is 2.08. The van der Waals surface area contributed by atoms with Crippen molar-refractivity contribution in [1.82, 2.24) is 15.0 Å². The number of carbonyl (C=O) groups is 1. The van der Waals surface area contributed by atoms with E-state index in [1.165, 1.54) is 11.1 Å². The van der Waals surface area contributed by atoms with E-state index in [0.29, 0.717) is 23.9 Å². The van der Waals surface area contributed by atoms with Crippen molar-refractivity contribution in [2.24, 2.45) is 0 Å². The molecule has 0 radical (unpaired) electrons. The van der Waals surface area contributed by atoms with E-state index < -0.39 is 5.97 Å². The summed E-state index contributed by atoms with van der Waals surface area (Å²) in [4.78, 5) is 23.2. The number of hydrogen-bond donors (Lipinski definition) is 1. The minimum absolute atomic E-state index is 0.166. The molecular weight excluding hydrogens is 254 g/mol. The topological polar surface area (TPSA) is 76.0 Å². The van der Waals surface area contributed by atoms with E-state index in [2.05, 4.69) is 46.1 Å². The minimum Gasteiger partial charge on any atom is -0.481 e. The molecule has 0 saturated heterocycles. The predicted octanol–water partition coefficient (Wildman–Crippen LogP) is 1.90. The van der Waals surface area contributed by atoms with Crippen LogP contribution in [0.1, 0.15) is 28.6 Å². The summed E-state index contributed by atoms with van der Waals surface area (Å²) >= 11 is 0. The molecule has 2 aromatic rings. The van der Waals surface area contributed by atoms with Gasteiger partial charge < -0.3 is 5.11 Å². The summed E-state index contributed by atoms with van der Waals surface area (Å²) in [5, 5.41) is 8.78. The Balaban J connectivity index is 2.07. The second kappa shape index (κ2) is 6.23. The molecule has 0 bridgehead atoms. The lowest BCUT2D eigenvalue weighted by atomic mass is 10.1. The summed E-state index contributed by atoms with van der Waals surface area (Å²) in [7, 11) is 0. The molecule has 0 amide bonds. The first-order valence-corrected chi connectivity index (χ1v) is 6.50. The Kier molecular flexibility index (Phi) is 4.40. The first-order valence-electron chi connectivity index (χ1n) is 6.50. The Bertz CT molecular complexity index is 609. The highest BCUT2D eigenvalue weighted by atomic mass is 16.4. The van der Waals surface area contributed by atoms with Crippen molar-refractivity contribution in [3.63, 3.8) is 0 Å². The van der Waals surface area contributed by atoms with Crippen molar-refractivity contribution in [2.75, 3.05) is 0 Å². The summed E-state index contributed by atoms with van der Waals surface area (Å²) in [5.41, 5.74) is 2.45. The van der Waals surface area contributed by atoms with Crippen LogP contribution in [0.25, 0.3) is 0 Å². The van der Waals surface area contributed by atoms with E-state index in [1.54, 1.807) is 6.92 Å². The number of aliphatic carboxylic acids is 1. The first kappa shape index (κ1) is 14.1. The summed E-state index contributed by atoms with van der Waals surface area (Å²) in [6.45, 7) is 3.81. The molecule has 0 atom stereocenters. The highest BCUT2D eigenvalue weighted by Crippen LogP contribution is 2.07. The predicted molar refractivity (Wildman–Crippen MR) is 74.5 cm³/mol. The van der Waals surface area contributed by atoms with Gasteiger partial charge in [0, 0.05) is 6.42 Å². The van der Waals surface area contributed by atoms with Gasteiger partial charge in [0.15, 0.2) is 0 Å². The number of rotatable bonds is 5. The Morgan fingerprint density at radius 1 is 1.00 bits per heavy atom. The monoisotopic (exact) mass is 271 g/mol. The second-order valence-electron chi connectivity index (χ2n) is 4.77. The molecule has 0 aliphatic heterocycles. The number of carboxylic acids is 1. The third-order valence-corrected chi connectivity index (χ3v) is 2.91. The average molecular weight is 271 g/mol. The van der Waals surface area contributed by atoms with Gasteiger partial charge in [-0.25, -0.2) is 15.0 Å². The maximum absolute atomic E-state index is 10.7. The fraction of sp³-hybridized carbons (Fsp3) is 0.333. The van der Waals surface area contributed by atoms with E-state index >= 15 is 0 Å². The van der Waals surface area contributed by atoms with Gasteiger partial charge in [-0.2, -0.15) is 0 Å². The lowest BCUT2D eigenvalue weighted by Gasteiger charge is -2.04. The lowest BCUT2D eigenvalue weighted by Crippen LogP contribution is -2.10. The molecular formula is C15H17N3O2. The number of nitrogens with zero attached hydrogens (tertiary/aromatic N) is 3. The van der Waals surface area contributed by atoms with Gasteiger partial charge in [-0.05, 0) is 25.8 Å². The smallest absolute Gasteiger partial charge is 0.311 e. The number of aromatic nitrogens is 3. The van der Waals surface area contributed by atoms with Crippen molar-refractivity contribution < 1.29 is 9.90 Å². The van der Waals surface area contributed by atoms with E-state index in [0.717, 1.165) is 6.42 Å². The lowest BCUT2D eigenvalue weighted by molar-refractivity contribution is -0.136. The zero-order chi connectivity index (χ0) is 14.5. The van der Waals surface area contributed by atoms with Crippen molar-refractivity contribution in [2.45, 2.75) is 33.1 Å². The van der Waals surface area contributed by atoms with Gasteiger partial charge in [0.1, 0.15) is 23.9 Å². The van der Waals surface area contributed by atoms with Crippen LogP contribution < -0.4 is 0 Å². The van der Waals surface area contributed by atoms with Gasteiger partial charge in [-0.15, -0.1) is 0 Å². The summed E-state index contributed by atoms with van der Waals surface area (Å²) < 4.78 is 0. The largest absolute Gasteiger partial charge is 0.481 e. The summed E-state index contributed by atoms with van der Waals surface area (Å²) in [6, 6.07) is 8.32. The first-order chi connectivity index (χ1) is 9.52. The Morgan fingerprint density at radius 2 is 1.65 bits per heavy atom. The summed E-state index contributed by atoms with van der Waals surface area (Å²) in [6.07, 6.45) is 1.34. The van der Waals surface area contributed by atoms with Gasteiger partial charge in [0.25, 0.3) is 0 Å². The van der Waals surface area contributed by atoms with Crippen molar-refractivity contribution >= 4 is 5.97 Å². The molecule has 0 aliphatic rings. The van der Waals surface area contributed by atoms with Gasteiger partial charge in [0.2, 0.25) is 0 Å². The zero-order valence-corrected chi connectivity index (χ0v) is 11.6. The van der Waals surface area contributed by atoms with Gasteiger partial charge >= 0.3 is 5.97 Å². The van der Waals surface area contributed by atoms with Gasteiger partial charge in [0.05, 0.1) is 0 Å². The Hall–Kier alpha value is -2.30. The molecule has 5 heteroatoms. The fourth-order valence-electron chi connectivity index (χ4n) is 1.93. The molecule has 2 rings (SSSR count). The molecule has 1 heterocycles. The number of benzene rings is 1. The number of hydrogen-bond acceptors (Lipinski definition) is 4. The SMILES string of the molecule is Cc1ccc(CCc2nc(C)nc(CC(=O)O)n2)cc1. The maximum atomic E-state index is 10.7. The third-order valence-electron chi connectivity index (χ3n) is 2.91. The second-order valence-corrected chi connectivity index (χ2v) is 4.77. The maximum Gasteiger partial charge on any atom is 0.311 e. The molecule has 0 aliphatic carbocycles. The van der Waals surface area contributed by atoms with E-state index in [9.17, 15) is 4.79 Å². The average Bonchev–Trinajstić information content (AvgIpc) is 2.36. The fourth-order valence-corrected chi connectivity index (χ4v) is 1.93. The summed E-state index contributed by atoms with van der Waals surface area (Å²) in [5.74, 6) is 0.605. The van der Waals surface area contributed by atoms with Crippen LogP contribution in [0.15, 0.2) is 24.3 Å². The van der Waals surface area contributed by atoms with Crippen molar-refractivity contribution in [1.29, 1.82) is 0 Å². The van der Waals surface area contributed by atoms with Crippen LogP contribution in [0.2, 0.25) is 0 Å². The molecule has 1 N–H and O–H groups in total. The van der Waals surface area contributed by atoms with Crippen LogP contribution in [0.3, 0.4) is 0 Å². The third kappa shape index (κ3) is 4.12. The standard InChI is InChI=1S/C15H17N3O2/c1-10-3-5-12(6-4-10)7-8-13-16-11(2)17-14(18-13)9-15(19)20/h3-6H,7-9H2,1-2H3,(H,19,20). The molecule has 1 aromatic carbocycles. The van der Waals surface area contributed by atoms with Crippen molar-refractivity contribution in [3.05, 3.63) is 52.9 Å². The number of carboxylic acid groups (broad SMARTS) is 1. The Morgan fingerprint density at radius 3 is 2.30 bits per heavy atom. The van der Waals surface area contributed by atoms with Gasteiger partial charge in [-0.3, -0.25) is 4.79 Å². The normalized spacial score (nSPS) is 10.5. The van der Waals surface area contributed by atoms with Crippen LogP contribution in [-0.2, 0) is 24.1 Å². The van der Waals surface area contributed by atoms with Crippen molar-refractivity contribution in [3.8, 4) is 0 Å². The molecule has 104 valence electrons. The van der Waals surface area contributed by atoms with Crippen LogP contribution in [-0.4, -0.2) is 26.0 Å².